The summed E-state index contributed by atoms with van der Waals surface area (Å²) in [6, 6.07) is 10.2. The highest BCUT2D eigenvalue weighted by atomic mass is 19.2. The number of Topliss-reactive ketones (excluding diaryl/α,β-unsaturated/α-hetero) is 1. The van der Waals surface area contributed by atoms with Gasteiger partial charge in [-0.05, 0) is 55.8 Å². The molecule has 10 heteroatoms. The van der Waals surface area contributed by atoms with Gasteiger partial charge in [0.05, 0.1) is 37.5 Å². The second kappa shape index (κ2) is 10.8. The Morgan fingerprint density at radius 1 is 0.921 bits per heavy atom. The minimum atomic E-state index is -1.31. The fourth-order valence-electron chi connectivity index (χ4n) is 4.30. The fourth-order valence-corrected chi connectivity index (χ4v) is 4.30. The number of hydrogen-bond acceptors (Lipinski definition) is 7. The van der Waals surface area contributed by atoms with E-state index in [9.17, 15) is 28.6 Å². The minimum Gasteiger partial charge on any atom is -0.507 e. The van der Waals surface area contributed by atoms with Gasteiger partial charge in [-0.1, -0.05) is 6.07 Å². The van der Waals surface area contributed by atoms with Crippen LogP contribution >= 0.6 is 0 Å². The quantitative estimate of drug-likeness (QED) is 0.239. The number of phenols is 1. The predicted molar refractivity (Wildman–Crippen MR) is 135 cm³/mol. The third-order valence-electron chi connectivity index (χ3n) is 5.96. The van der Waals surface area contributed by atoms with Crippen molar-refractivity contribution in [3.63, 3.8) is 0 Å². The number of carbonyl (C=O) groups excluding carboxylic acids is 2. The molecule has 1 aliphatic rings. The molecule has 4 rings (SSSR count). The van der Waals surface area contributed by atoms with Gasteiger partial charge in [-0.15, -0.1) is 0 Å². The highest BCUT2D eigenvalue weighted by molar-refractivity contribution is 6.51. The molecule has 0 bridgehead atoms. The van der Waals surface area contributed by atoms with E-state index in [1.54, 1.807) is 26.0 Å². The number of halogens is 2. The number of rotatable bonds is 8. The molecule has 0 radical (unpaired) electrons. The molecule has 0 saturated carbocycles. The number of ketones is 1. The van der Waals surface area contributed by atoms with Crippen molar-refractivity contribution in [2.24, 2.45) is 0 Å². The number of aliphatic hydroxyl groups excluding tert-OH is 1. The number of hydrogen-bond donors (Lipinski definition) is 2. The molecule has 0 aliphatic carbocycles. The molecule has 198 valence electrons. The molecule has 1 aliphatic heterocycles. The molecule has 3 aromatic rings. The average Bonchev–Trinajstić information content (AvgIpc) is 3.16. The molecule has 0 aromatic heterocycles. The largest absolute Gasteiger partial charge is 0.507 e. The fraction of sp³-hybridized carbons (Fsp3) is 0.214. The van der Waals surface area contributed by atoms with Gasteiger partial charge in [0, 0.05) is 17.8 Å². The van der Waals surface area contributed by atoms with Crippen molar-refractivity contribution in [2.75, 3.05) is 25.2 Å². The van der Waals surface area contributed by atoms with E-state index in [0.717, 1.165) is 23.1 Å². The van der Waals surface area contributed by atoms with Gasteiger partial charge in [-0.25, -0.2) is 8.78 Å². The smallest absolute Gasteiger partial charge is 0.300 e. The van der Waals surface area contributed by atoms with Crippen molar-refractivity contribution in [1.82, 2.24) is 0 Å². The van der Waals surface area contributed by atoms with Crippen LogP contribution in [-0.4, -0.2) is 42.2 Å². The Morgan fingerprint density at radius 2 is 1.66 bits per heavy atom. The van der Waals surface area contributed by atoms with Gasteiger partial charge in [0.25, 0.3) is 11.7 Å². The molecule has 1 unspecified atom stereocenters. The van der Waals surface area contributed by atoms with Crippen LogP contribution in [0.4, 0.5) is 14.5 Å². The van der Waals surface area contributed by atoms with E-state index in [0.29, 0.717) is 12.4 Å². The van der Waals surface area contributed by atoms with Crippen LogP contribution in [0.5, 0.6) is 23.0 Å². The predicted octanol–water partition coefficient (Wildman–Crippen LogP) is 5.10. The summed E-state index contributed by atoms with van der Waals surface area (Å²) in [6.45, 7) is 4.16. The third-order valence-corrected chi connectivity index (χ3v) is 5.96. The van der Waals surface area contributed by atoms with Gasteiger partial charge in [-0.2, -0.15) is 0 Å². The first-order chi connectivity index (χ1) is 18.2. The minimum absolute atomic E-state index is 0.112. The molecule has 3 aromatic carbocycles. The van der Waals surface area contributed by atoms with Gasteiger partial charge >= 0.3 is 0 Å². The standard InChI is InChI=1S/C28H25F2NO7/c1-4-37-17-8-9-18(23(14-17)38-5-2)26(33)24-25(15-6-11-22(36-3)21(32)12-15)31(28(35)27(24)34)16-7-10-19(29)20(30)13-16/h6-14,25,32-33H,4-5H2,1-3H3/b26-24-. The lowest BCUT2D eigenvalue weighted by Crippen LogP contribution is -2.29. The third kappa shape index (κ3) is 4.72. The lowest BCUT2D eigenvalue weighted by molar-refractivity contribution is -0.132. The van der Waals surface area contributed by atoms with E-state index in [1.807, 2.05) is 0 Å². The first kappa shape index (κ1) is 26.5. The monoisotopic (exact) mass is 525 g/mol. The van der Waals surface area contributed by atoms with Crippen molar-refractivity contribution in [3.8, 4) is 23.0 Å². The van der Waals surface area contributed by atoms with Crippen LogP contribution in [0.3, 0.4) is 0 Å². The van der Waals surface area contributed by atoms with Crippen LogP contribution in [0, 0.1) is 11.6 Å². The summed E-state index contributed by atoms with van der Waals surface area (Å²) in [5, 5.41) is 21.9. The van der Waals surface area contributed by atoms with Gasteiger partial charge in [0.15, 0.2) is 23.1 Å². The van der Waals surface area contributed by atoms with Crippen molar-refractivity contribution >= 4 is 23.1 Å². The average molecular weight is 526 g/mol. The van der Waals surface area contributed by atoms with E-state index < -0.39 is 35.1 Å². The van der Waals surface area contributed by atoms with Crippen LogP contribution in [0.15, 0.2) is 60.2 Å². The number of carbonyl (C=O) groups is 2. The number of aromatic hydroxyl groups is 1. The van der Waals surface area contributed by atoms with Crippen molar-refractivity contribution in [3.05, 3.63) is 82.9 Å². The summed E-state index contributed by atoms with van der Waals surface area (Å²) in [6.07, 6.45) is 0. The maximum absolute atomic E-state index is 14.2. The number of benzene rings is 3. The number of aliphatic hydroxyl groups is 1. The maximum atomic E-state index is 14.2. The van der Waals surface area contributed by atoms with Crippen LogP contribution < -0.4 is 19.1 Å². The molecule has 0 spiro atoms. The second-order valence-electron chi connectivity index (χ2n) is 8.22. The lowest BCUT2D eigenvalue weighted by atomic mass is 9.94. The Hall–Kier alpha value is -4.60. The number of anilines is 1. The van der Waals surface area contributed by atoms with Crippen molar-refractivity contribution in [2.45, 2.75) is 19.9 Å². The van der Waals surface area contributed by atoms with E-state index in [4.69, 9.17) is 14.2 Å². The maximum Gasteiger partial charge on any atom is 0.300 e. The summed E-state index contributed by atoms with van der Waals surface area (Å²) in [5.41, 5.74) is -0.143. The molecule has 2 N–H and O–H groups in total. The number of ether oxygens (including phenoxy) is 3. The van der Waals surface area contributed by atoms with Crippen LogP contribution in [0.2, 0.25) is 0 Å². The van der Waals surface area contributed by atoms with Gasteiger partial charge < -0.3 is 24.4 Å². The zero-order chi connectivity index (χ0) is 27.6. The highest BCUT2D eigenvalue weighted by Gasteiger charge is 2.47. The second-order valence-corrected chi connectivity index (χ2v) is 8.22. The summed E-state index contributed by atoms with van der Waals surface area (Å²) >= 11 is 0. The molecular formula is C28H25F2NO7. The van der Waals surface area contributed by atoms with E-state index >= 15 is 0 Å². The number of amides is 1. The van der Waals surface area contributed by atoms with Crippen molar-refractivity contribution < 1.29 is 42.8 Å². The Kier molecular flexibility index (Phi) is 7.52. The first-order valence-electron chi connectivity index (χ1n) is 11.7. The van der Waals surface area contributed by atoms with Gasteiger partial charge in [0.1, 0.15) is 17.3 Å². The Labute approximate surface area is 217 Å². The zero-order valence-corrected chi connectivity index (χ0v) is 20.8. The molecule has 1 saturated heterocycles. The van der Waals surface area contributed by atoms with E-state index in [2.05, 4.69) is 0 Å². The first-order valence-corrected chi connectivity index (χ1v) is 11.7. The topological polar surface area (TPSA) is 106 Å². The normalized spacial score (nSPS) is 16.6. The summed E-state index contributed by atoms with van der Waals surface area (Å²) in [5.74, 6) is -4.57. The van der Waals surface area contributed by atoms with Gasteiger partial charge in [0.2, 0.25) is 0 Å². The number of phenolic OH excluding ortho intramolecular Hbond substituents is 1. The number of nitrogens with zero attached hydrogens (tertiary/aromatic N) is 1. The molecule has 8 nitrogen and oxygen atoms in total. The SMILES string of the molecule is CCOc1ccc(/C(O)=C2/C(=O)C(=O)N(c3ccc(F)c(F)c3)C2c2ccc(OC)c(O)c2)c(OCC)c1. The molecular weight excluding hydrogens is 500 g/mol. The highest BCUT2D eigenvalue weighted by Crippen LogP contribution is 2.45. The molecule has 1 fully saturated rings. The Balaban J connectivity index is 1.97. The van der Waals surface area contributed by atoms with Gasteiger partial charge in [-0.3, -0.25) is 14.5 Å². The lowest BCUT2D eigenvalue weighted by Gasteiger charge is -2.26. The molecule has 1 amide bonds. The van der Waals surface area contributed by atoms with Crippen molar-refractivity contribution in [1.29, 1.82) is 0 Å². The zero-order valence-electron chi connectivity index (χ0n) is 20.8. The molecule has 1 atom stereocenters. The Morgan fingerprint density at radius 3 is 2.29 bits per heavy atom. The van der Waals surface area contributed by atoms with Crippen LogP contribution in [-0.2, 0) is 9.59 Å². The van der Waals surface area contributed by atoms with Crippen LogP contribution in [0.25, 0.3) is 5.76 Å². The molecule has 1 heterocycles. The Bertz CT molecular complexity index is 1440. The number of methoxy groups -OCH3 is 1. The van der Waals surface area contributed by atoms with E-state index in [1.165, 1.54) is 31.4 Å². The van der Waals surface area contributed by atoms with E-state index in [-0.39, 0.29) is 46.2 Å². The molecule has 38 heavy (non-hydrogen) atoms. The summed E-state index contributed by atoms with van der Waals surface area (Å²) in [4.78, 5) is 27.6. The van der Waals surface area contributed by atoms with Crippen LogP contribution in [0.1, 0.15) is 31.0 Å². The summed E-state index contributed by atoms with van der Waals surface area (Å²) in [7, 11) is 1.35. The summed E-state index contributed by atoms with van der Waals surface area (Å²) < 4.78 is 44.1.